The molecule has 0 aliphatic heterocycles. The Morgan fingerprint density at radius 2 is 2.06 bits per heavy atom. The van der Waals surface area contributed by atoms with Crippen molar-refractivity contribution in [2.45, 2.75) is 19.3 Å². The monoisotopic (exact) mass is 223 g/mol. The Morgan fingerprint density at radius 3 is 2.50 bits per heavy atom. The lowest BCUT2D eigenvalue weighted by molar-refractivity contribution is -0.386. The number of benzene rings is 1. The molecule has 0 aliphatic carbocycles. The molecular formula is C11H13NO4. The van der Waals surface area contributed by atoms with Gasteiger partial charge in [-0.15, -0.1) is 0 Å². The van der Waals surface area contributed by atoms with E-state index in [9.17, 15) is 14.9 Å². The van der Waals surface area contributed by atoms with Crippen molar-refractivity contribution >= 4 is 12.0 Å². The van der Waals surface area contributed by atoms with Crippen molar-refractivity contribution in [3.63, 3.8) is 0 Å². The van der Waals surface area contributed by atoms with Crippen LogP contribution in [0.2, 0.25) is 0 Å². The molecule has 0 heterocycles. The first-order valence-electron chi connectivity index (χ1n) is 4.71. The van der Waals surface area contributed by atoms with Gasteiger partial charge in [0.15, 0.2) is 0 Å². The molecule has 0 aromatic heterocycles. The van der Waals surface area contributed by atoms with E-state index in [4.69, 9.17) is 4.74 Å². The predicted molar refractivity (Wildman–Crippen MR) is 58.7 cm³/mol. The number of nitrogens with zero attached hydrogens (tertiary/aromatic N) is 1. The summed E-state index contributed by atoms with van der Waals surface area (Å²) < 4.78 is 4.91. The van der Waals surface area contributed by atoms with Gasteiger partial charge in [0.2, 0.25) is 0 Å². The molecule has 0 spiro atoms. The van der Waals surface area contributed by atoms with E-state index >= 15 is 0 Å². The van der Waals surface area contributed by atoms with Crippen LogP contribution in [0.1, 0.15) is 19.4 Å². The second-order valence-electron chi connectivity index (χ2n) is 3.98. The maximum absolute atomic E-state index is 10.9. The van der Waals surface area contributed by atoms with E-state index in [1.54, 1.807) is 26.0 Å². The van der Waals surface area contributed by atoms with Gasteiger partial charge in [-0.2, -0.15) is 0 Å². The third-order valence-corrected chi connectivity index (χ3v) is 2.39. The molecule has 1 aromatic rings. The number of ether oxygens (including phenoxy) is 1. The van der Waals surface area contributed by atoms with Crippen molar-refractivity contribution in [3.8, 4) is 5.75 Å². The number of nitro groups is 1. The minimum Gasteiger partial charge on any atom is -0.497 e. The summed E-state index contributed by atoms with van der Waals surface area (Å²) in [6, 6.07) is 4.47. The number of aldehydes is 1. The van der Waals surface area contributed by atoms with Gasteiger partial charge in [0, 0.05) is 5.56 Å². The highest BCUT2D eigenvalue weighted by Crippen LogP contribution is 2.32. The van der Waals surface area contributed by atoms with E-state index in [2.05, 4.69) is 0 Å². The minimum absolute atomic E-state index is 0.101. The Morgan fingerprint density at radius 1 is 1.44 bits per heavy atom. The van der Waals surface area contributed by atoms with Gasteiger partial charge in [-0.05, 0) is 26.0 Å². The van der Waals surface area contributed by atoms with Gasteiger partial charge in [-0.25, -0.2) is 0 Å². The zero-order valence-electron chi connectivity index (χ0n) is 9.39. The summed E-state index contributed by atoms with van der Waals surface area (Å²) in [7, 11) is 1.43. The fourth-order valence-corrected chi connectivity index (χ4v) is 1.40. The summed E-state index contributed by atoms with van der Waals surface area (Å²) in [4.78, 5) is 21.3. The van der Waals surface area contributed by atoms with Gasteiger partial charge in [0.25, 0.3) is 5.69 Å². The molecular weight excluding hydrogens is 210 g/mol. The number of nitro benzene ring substituents is 1. The Labute approximate surface area is 93.2 Å². The predicted octanol–water partition coefficient (Wildman–Crippen LogP) is 2.08. The van der Waals surface area contributed by atoms with Crippen molar-refractivity contribution in [2.24, 2.45) is 0 Å². The zero-order valence-corrected chi connectivity index (χ0v) is 9.39. The average Bonchev–Trinajstić information content (AvgIpc) is 2.28. The maximum Gasteiger partial charge on any atom is 0.277 e. The molecule has 0 saturated carbocycles. The highest BCUT2D eigenvalue weighted by Gasteiger charge is 2.28. The summed E-state index contributed by atoms with van der Waals surface area (Å²) >= 11 is 0. The van der Waals surface area contributed by atoms with Crippen molar-refractivity contribution in [1.82, 2.24) is 0 Å². The highest BCUT2D eigenvalue weighted by molar-refractivity contribution is 5.71. The van der Waals surface area contributed by atoms with Crippen LogP contribution in [-0.4, -0.2) is 18.3 Å². The van der Waals surface area contributed by atoms with Crippen LogP contribution < -0.4 is 4.74 Å². The summed E-state index contributed by atoms with van der Waals surface area (Å²) in [5.74, 6) is 0.400. The van der Waals surface area contributed by atoms with Crippen molar-refractivity contribution < 1.29 is 14.5 Å². The summed E-state index contributed by atoms with van der Waals surface area (Å²) in [5, 5.41) is 10.9. The molecule has 86 valence electrons. The van der Waals surface area contributed by atoms with E-state index in [0.29, 0.717) is 17.6 Å². The molecule has 1 aromatic carbocycles. The first-order chi connectivity index (χ1) is 7.42. The second kappa shape index (κ2) is 4.30. The maximum atomic E-state index is 10.9. The molecule has 0 N–H and O–H groups in total. The molecule has 0 amide bonds. The molecule has 5 heteroatoms. The molecule has 0 bridgehead atoms. The lowest BCUT2D eigenvalue weighted by Crippen LogP contribution is -2.20. The van der Waals surface area contributed by atoms with Crippen LogP contribution in [0.15, 0.2) is 18.2 Å². The molecule has 0 atom stereocenters. The van der Waals surface area contributed by atoms with Gasteiger partial charge < -0.3 is 9.53 Å². The summed E-state index contributed by atoms with van der Waals surface area (Å²) in [6.07, 6.45) is 0.696. The van der Waals surface area contributed by atoms with Crippen molar-refractivity contribution in [1.29, 1.82) is 0 Å². The second-order valence-corrected chi connectivity index (χ2v) is 3.98. The molecule has 0 unspecified atom stereocenters. The Hall–Kier alpha value is -1.91. The van der Waals surface area contributed by atoms with Crippen LogP contribution in [0.4, 0.5) is 5.69 Å². The molecule has 0 radical (unpaired) electrons. The number of carbonyl (C=O) groups excluding carboxylic acids is 1. The number of methoxy groups -OCH3 is 1. The van der Waals surface area contributed by atoms with E-state index in [-0.39, 0.29) is 5.69 Å². The van der Waals surface area contributed by atoms with Gasteiger partial charge >= 0.3 is 0 Å². The molecule has 1 rings (SSSR count). The summed E-state index contributed by atoms with van der Waals surface area (Å²) in [6.45, 7) is 3.27. The van der Waals surface area contributed by atoms with E-state index in [1.807, 2.05) is 0 Å². The summed E-state index contributed by atoms with van der Waals surface area (Å²) in [5.41, 5.74) is -0.598. The number of hydrogen-bond acceptors (Lipinski definition) is 4. The van der Waals surface area contributed by atoms with E-state index < -0.39 is 10.3 Å². The van der Waals surface area contributed by atoms with Gasteiger partial charge in [0.05, 0.1) is 23.5 Å². The van der Waals surface area contributed by atoms with Crippen LogP contribution >= 0.6 is 0 Å². The smallest absolute Gasteiger partial charge is 0.277 e. The van der Waals surface area contributed by atoms with Crippen LogP contribution in [0.25, 0.3) is 0 Å². The zero-order chi connectivity index (χ0) is 12.3. The van der Waals surface area contributed by atoms with Gasteiger partial charge in [-0.3, -0.25) is 10.1 Å². The number of rotatable bonds is 4. The van der Waals surface area contributed by atoms with Gasteiger partial charge in [0.1, 0.15) is 12.0 Å². The Bertz CT molecular complexity index is 426. The first kappa shape index (κ1) is 12.2. The quantitative estimate of drug-likeness (QED) is 0.445. The molecule has 0 aliphatic rings. The van der Waals surface area contributed by atoms with Crippen molar-refractivity contribution in [3.05, 3.63) is 33.9 Å². The van der Waals surface area contributed by atoms with Crippen LogP contribution in [0.3, 0.4) is 0 Å². The normalized spacial score (nSPS) is 10.9. The molecule has 0 fully saturated rings. The minimum atomic E-state index is -0.880. The van der Waals surface area contributed by atoms with Crippen LogP contribution in [0, 0.1) is 10.1 Å². The lowest BCUT2D eigenvalue weighted by Gasteiger charge is -2.17. The molecule has 16 heavy (non-hydrogen) atoms. The fourth-order valence-electron chi connectivity index (χ4n) is 1.40. The van der Waals surface area contributed by atoms with E-state index in [0.717, 1.165) is 0 Å². The average molecular weight is 223 g/mol. The van der Waals surface area contributed by atoms with Gasteiger partial charge in [-0.1, -0.05) is 0 Å². The van der Waals surface area contributed by atoms with Crippen LogP contribution in [0.5, 0.6) is 5.75 Å². The SMILES string of the molecule is COc1ccc(C(C)(C)C=O)c([N+](=O)[O-])c1. The van der Waals surface area contributed by atoms with Crippen LogP contribution in [-0.2, 0) is 10.2 Å². The van der Waals surface area contributed by atoms with Crippen molar-refractivity contribution in [2.75, 3.05) is 7.11 Å². The molecule has 5 nitrogen and oxygen atoms in total. The lowest BCUT2D eigenvalue weighted by atomic mass is 9.85. The fraction of sp³-hybridized carbons (Fsp3) is 0.364. The van der Waals surface area contributed by atoms with E-state index in [1.165, 1.54) is 13.2 Å². The highest BCUT2D eigenvalue weighted by atomic mass is 16.6. The number of carbonyl (C=O) groups is 1. The Kier molecular flexibility index (Phi) is 3.27. The molecule has 0 saturated heterocycles. The first-order valence-corrected chi connectivity index (χ1v) is 4.71. The Balaban J connectivity index is 3.40. The third-order valence-electron chi connectivity index (χ3n) is 2.39. The topological polar surface area (TPSA) is 69.4 Å². The number of hydrogen-bond donors (Lipinski definition) is 0. The standard InChI is InChI=1S/C11H13NO4/c1-11(2,7-13)9-5-4-8(16-3)6-10(9)12(14)15/h4-7H,1-3H3. The largest absolute Gasteiger partial charge is 0.497 e. The third kappa shape index (κ3) is 2.18.